The van der Waals surface area contributed by atoms with Gasteiger partial charge in [-0.25, -0.2) is 0 Å². The summed E-state index contributed by atoms with van der Waals surface area (Å²) in [6.45, 7) is 9.13. The van der Waals surface area contributed by atoms with Crippen LogP contribution in [0.2, 0.25) is 0 Å². The minimum atomic E-state index is 0.295. The van der Waals surface area contributed by atoms with Gasteiger partial charge in [0.1, 0.15) is 0 Å². The molecule has 1 fully saturated rings. The predicted molar refractivity (Wildman–Crippen MR) is 51.6 cm³/mol. The molecular formula is C11H21O. The Hall–Kier alpha value is -0.0400. The maximum atomic E-state index is 5.37. The van der Waals surface area contributed by atoms with Crippen LogP contribution >= 0.6 is 0 Å². The molecule has 1 heteroatoms. The van der Waals surface area contributed by atoms with Crippen LogP contribution in [0.1, 0.15) is 47.0 Å². The molecule has 0 aromatic carbocycles. The highest BCUT2D eigenvalue weighted by Crippen LogP contribution is 2.47. The zero-order valence-corrected chi connectivity index (χ0v) is 8.81. The molecule has 0 saturated heterocycles. The van der Waals surface area contributed by atoms with E-state index in [0.29, 0.717) is 16.9 Å². The standard InChI is InChI=1S/C11H21O/c1-10(2)7-6-8-11(3,4)9(10)12-5/h9H,5-8H2,1-4H3. The average molecular weight is 169 g/mol. The van der Waals surface area contributed by atoms with E-state index in [2.05, 4.69) is 34.8 Å². The summed E-state index contributed by atoms with van der Waals surface area (Å²) in [5.74, 6) is 0. The van der Waals surface area contributed by atoms with Crippen molar-refractivity contribution >= 4 is 0 Å². The first-order valence-electron chi connectivity index (χ1n) is 4.81. The molecule has 1 radical (unpaired) electrons. The molecule has 0 bridgehead atoms. The topological polar surface area (TPSA) is 9.23 Å². The Bertz CT molecular complexity index is 142. The minimum absolute atomic E-state index is 0.295. The van der Waals surface area contributed by atoms with E-state index in [1.807, 2.05) is 0 Å². The van der Waals surface area contributed by atoms with Crippen molar-refractivity contribution in [3.05, 3.63) is 7.11 Å². The Kier molecular flexibility index (Phi) is 2.53. The monoisotopic (exact) mass is 169 g/mol. The van der Waals surface area contributed by atoms with Crippen molar-refractivity contribution in [3.8, 4) is 0 Å². The molecular weight excluding hydrogens is 148 g/mol. The molecule has 1 nitrogen and oxygen atoms in total. The van der Waals surface area contributed by atoms with Crippen molar-refractivity contribution in [2.75, 3.05) is 0 Å². The highest BCUT2D eigenvalue weighted by Gasteiger charge is 2.43. The summed E-state index contributed by atoms with van der Waals surface area (Å²) < 4.78 is 5.37. The Morgan fingerprint density at radius 3 is 1.75 bits per heavy atom. The molecule has 0 aromatic rings. The van der Waals surface area contributed by atoms with Gasteiger partial charge < -0.3 is 4.74 Å². The van der Waals surface area contributed by atoms with Crippen LogP contribution < -0.4 is 0 Å². The van der Waals surface area contributed by atoms with E-state index in [1.165, 1.54) is 19.3 Å². The van der Waals surface area contributed by atoms with E-state index in [9.17, 15) is 0 Å². The van der Waals surface area contributed by atoms with Crippen LogP contribution in [-0.4, -0.2) is 6.10 Å². The molecule has 1 aliphatic carbocycles. The van der Waals surface area contributed by atoms with Gasteiger partial charge in [0.15, 0.2) is 0 Å². The quantitative estimate of drug-likeness (QED) is 0.584. The number of hydrogen-bond donors (Lipinski definition) is 0. The van der Waals surface area contributed by atoms with E-state index in [4.69, 9.17) is 4.74 Å². The molecule has 0 atom stereocenters. The lowest BCUT2D eigenvalue weighted by Crippen LogP contribution is -2.46. The van der Waals surface area contributed by atoms with Gasteiger partial charge in [-0.15, -0.1) is 0 Å². The van der Waals surface area contributed by atoms with Gasteiger partial charge in [0, 0.05) is 0 Å². The van der Waals surface area contributed by atoms with Crippen molar-refractivity contribution in [1.82, 2.24) is 0 Å². The second-order valence-corrected chi connectivity index (χ2v) is 5.38. The fourth-order valence-corrected chi connectivity index (χ4v) is 2.77. The van der Waals surface area contributed by atoms with Gasteiger partial charge in [-0.05, 0) is 23.7 Å². The molecule has 0 unspecified atom stereocenters. The maximum absolute atomic E-state index is 5.37. The molecule has 1 saturated carbocycles. The number of rotatable bonds is 1. The fraction of sp³-hybridized carbons (Fsp3) is 0.909. The van der Waals surface area contributed by atoms with Crippen molar-refractivity contribution in [2.24, 2.45) is 10.8 Å². The molecule has 0 aliphatic heterocycles. The second-order valence-electron chi connectivity index (χ2n) is 5.38. The van der Waals surface area contributed by atoms with Crippen LogP contribution in [0.3, 0.4) is 0 Å². The van der Waals surface area contributed by atoms with Crippen LogP contribution in [0.5, 0.6) is 0 Å². The molecule has 0 spiro atoms. The Morgan fingerprint density at radius 2 is 1.50 bits per heavy atom. The van der Waals surface area contributed by atoms with E-state index >= 15 is 0 Å². The lowest BCUT2D eigenvalue weighted by molar-refractivity contribution is -0.0855. The van der Waals surface area contributed by atoms with E-state index in [1.54, 1.807) is 0 Å². The Morgan fingerprint density at radius 1 is 1.08 bits per heavy atom. The first-order chi connectivity index (χ1) is 5.40. The molecule has 0 amide bonds. The number of hydrogen-bond acceptors (Lipinski definition) is 1. The molecule has 0 heterocycles. The smallest absolute Gasteiger partial charge is 0.0704 e. The van der Waals surface area contributed by atoms with Gasteiger partial charge >= 0.3 is 0 Å². The molecule has 71 valence electrons. The second kappa shape index (κ2) is 3.02. The summed E-state index contributed by atoms with van der Waals surface area (Å²) in [5.41, 5.74) is 0.590. The molecule has 0 N–H and O–H groups in total. The SMILES string of the molecule is [CH2]OC1C(C)(C)CCCC1(C)C. The third kappa shape index (κ3) is 1.66. The lowest BCUT2D eigenvalue weighted by atomic mass is 9.63. The van der Waals surface area contributed by atoms with Gasteiger partial charge in [0.2, 0.25) is 0 Å². The predicted octanol–water partition coefficient (Wildman–Crippen LogP) is 3.40. The number of ether oxygens (including phenoxy) is 1. The fourth-order valence-electron chi connectivity index (χ4n) is 2.77. The third-order valence-corrected chi connectivity index (χ3v) is 3.23. The summed E-state index contributed by atoms with van der Waals surface area (Å²) in [5, 5.41) is 0. The first kappa shape index (κ1) is 10.0. The summed E-state index contributed by atoms with van der Waals surface area (Å²) in [6.07, 6.45) is 4.14. The van der Waals surface area contributed by atoms with Crippen molar-refractivity contribution in [3.63, 3.8) is 0 Å². The van der Waals surface area contributed by atoms with Gasteiger partial charge in [-0.1, -0.05) is 34.1 Å². The summed E-state index contributed by atoms with van der Waals surface area (Å²) >= 11 is 0. The van der Waals surface area contributed by atoms with Crippen LogP contribution in [0, 0.1) is 17.9 Å². The molecule has 1 aliphatic rings. The van der Waals surface area contributed by atoms with Crippen molar-refractivity contribution in [2.45, 2.75) is 53.1 Å². The zero-order valence-electron chi connectivity index (χ0n) is 8.81. The van der Waals surface area contributed by atoms with E-state index < -0.39 is 0 Å². The normalized spacial score (nSPS) is 28.8. The van der Waals surface area contributed by atoms with Crippen LogP contribution in [0.15, 0.2) is 0 Å². The Balaban J connectivity index is 2.81. The third-order valence-electron chi connectivity index (χ3n) is 3.23. The van der Waals surface area contributed by atoms with Crippen LogP contribution in [-0.2, 0) is 4.74 Å². The highest BCUT2D eigenvalue weighted by molar-refractivity contribution is 4.94. The Labute approximate surface area is 76.5 Å². The van der Waals surface area contributed by atoms with Crippen LogP contribution in [0.4, 0.5) is 0 Å². The minimum Gasteiger partial charge on any atom is -0.375 e. The highest BCUT2D eigenvalue weighted by atomic mass is 16.5. The summed E-state index contributed by atoms with van der Waals surface area (Å²) in [7, 11) is 3.60. The largest absolute Gasteiger partial charge is 0.375 e. The van der Waals surface area contributed by atoms with Gasteiger partial charge in [0.25, 0.3) is 0 Å². The average Bonchev–Trinajstić information content (AvgIpc) is 1.83. The summed E-state index contributed by atoms with van der Waals surface area (Å²) in [4.78, 5) is 0. The first-order valence-corrected chi connectivity index (χ1v) is 4.81. The van der Waals surface area contributed by atoms with E-state index in [0.717, 1.165) is 0 Å². The van der Waals surface area contributed by atoms with Gasteiger partial charge in [0.05, 0.1) is 13.2 Å². The van der Waals surface area contributed by atoms with Crippen molar-refractivity contribution in [1.29, 1.82) is 0 Å². The van der Waals surface area contributed by atoms with Crippen LogP contribution in [0.25, 0.3) is 0 Å². The lowest BCUT2D eigenvalue weighted by Gasteiger charge is -2.48. The maximum Gasteiger partial charge on any atom is 0.0704 e. The van der Waals surface area contributed by atoms with Crippen molar-refractivity contribution < 1.29 is 4.74 Å². The molecule has 1 rings (SSSR count). The molecule has 12 heavy (non-hydrogen) atoms. The van der Waals surface area contributed by atoms with Gasteiger partial charge in [-0.2, -0.15) is 0 Å². The van der Waals surface area contributed by atoms with E-state index in [-0.39, 0.29) is 0 Å². The zero-order chi connectivity index (χ0) is 9.41. The molecule has 0 aromatic heterocycles. The summed E-state index contributed by atoms with van der Waals surface area (Å²) in [6, 6.07) is 0. The van der Waals surface area contributed by atoms with Gasteiger partial charge in [-0.3, -0.25) is 0 Å².